The van der Waals surface area contributed by atoms with Gasteiger partial charge < -0.3 is 0 Å². The van der Waals surface area contributed by atoms with E-state index in [0.717, 1.165) is 13.0 Å². The molecule has 7 heteroatoms. The Balaban J connectivity index is 0.00000218. The van der Waals surface area contributed by atoms with Gasteiger partial charge in [0.05, 0.1) is 5.25 Å². The van der Waals surface area contributed by atoms with Crippen molar-refractivity contribution in [3.63, 3.8) is 0 Å². The molecule has 30 heavy (non-hydrogen) atoms. The number of hydrogen-bond acceptors (Lipinski definition) is 5. The minimum Gasteiger partial charge on any atom is -0.264 e. The second-order valence-electron chi connectivity index (χ2n) is 8.70. The Morgan fingerprint density at radius 3 is 2.30 bits per heavy atom. The molecular weight excluding hydrogens is 432 g/mol. The first-order valence-corrected chi connectivity index (χ1v) is 14.9. The van der Waals surface area contributed by atoms with E-state index in [1.807, 2.05) is 25.2 Å². The average Bonchev–Trinajstić information content (AvgIpc) is 3.20. The van der Waals surface area contributed by atoms with Gasteiger partial charge in [0.1, 0.15) is 0 Å². The molecule has 0 amide bonds. The highest BCUT2D eigenvalue weighted by Crippen LogP contribution is 2.40. The highest BCUT2D eigenvalue weighted by molar-refractivity contribution is 7.97. The normalized spacial score (nSPS) is 20.8. The number of nitrogens with one attached hydrogen (secondary N) is 2. The van der Waals surface area contributed by atoms with Crippen molar-refractivity contribution < 1.29 is 8.42 Å². The highest BCUT2D eigenvalue weighted by atomic mass is 32.2. The Morgan fingerprint density at radius 1 is 1.10 bits per heavy atom. The molecule has 4 nitrogen and oxygen atoms in total. The second kappa shape index (κ2) is 14.1. The molecule has 0 radical (unpaired) electrons. The van der Waals surface area contributed by atoms with E-state index < -0.39 is 10.0 Å². The maximum Gasteiger partial charge on any atom is 0.213 e. The van der Waals surface area contributed by atoms with Gasteiger partial charge in [0.25, 0.3) is 0 Å². The van der Waals surface area contributed by atoms with Gasteiger partial charge >= 0.3 is 0 Å². The first-order chi connectivity index (χ1) is 14.2. The van der Waals surface area contributed by atoms with E-state index in [1.54, 1.807) is 25.8 Å². The summed E-state index contributed by atoms with van der Waals surface area (Å²) in [4.78, 5) is 1.54. The Hall–Kier alpha value is -0.0800. The van der Waals surface area contributed by atoms with Crippen LogP contribution in [0.1, 0.15) is 90.5 Å². The first kappa shape index (κ1) is 28.0. The molecule has 0 bridgehead atoms. The van der Waals surface area contributed by atoms with E-state index in [1.165, 1.54) is 36.1 Å². The third-order valence-corrected chi connectivity index (χ3v) is 9.51. The molecule has 2 N–H and O–H groups in total. The zero-order chi connectivity index (χ0) is 22.7. The van der Waals surface area contributed by atoms with Gasteiger partial charge in [-0.15, -0.1) is 11.3 Å². The second-order valence-corrected chi connectivity index (χ2v) is 13.4. The topological polar surface area (TPSA) is 58.2 Å². The molecule has 1 aromatic heterocycles. The molecule has 1 aliphatic rings. The summed E-state index contributed by atoms with van der Waals surface area (Å²) in [5.74, 6) is 1.72. The molecule has 1 unspecified atom stereocenters. The summed E-state index contributed by atoms with van der Waals surface area (Å²) >= 11 is 3.73. The number of thiophene rings is 1. The van der Waals surface area contributed by atoms with Gasteiger partial charge in [0, 0.05) is 23.2 Å². The van der Waals surface area contributed by atoms with E-state index in [4.69, 9.17) is 0 Å². The van der Waals surface area contributed by atoms with Crippen LogP contribution in [0.4, 0.5) is 0 Å². The average molecular weight is 477 g/mol. The SMILES string of the molecule is CC.CC(C)SNCCc1csc(C2CCC(C(C)CNS(=O)(=O)C(C)C)CC2)c1. The monoisotopic (exact) mass is 476 g/mol. The summed E-state index contributed by atoms with van der Waals surface area (Å²) in [5, 5.41) is 2.59. The van der Waals surface area contributed by atoms with Crippen molar-refractivity contribution in [2.75, 3.05) is 13.1 Å². The zero-order valence-corrected chi connectivity index (χ0v) is 22.5. The van der Waals surface area contributed by atoms with Crippen LogP contribution in [0.15, 0.2) is 11.4 Å². The fourth-order valence-corrected chi connectivity index (χ4v) is 6.22. The Labute approximate surface area is 194 Å². The molecule has 1 heterocycles. The predicted octanol–water partition coefficient (Wildman–Crippen LogP) is 6.20. The molecule has 1 aliphatic carbocycles. The van der Waals surface area contributed by atoms with Gasteiger partial charge in [-0.2, -0.15) is 0 Å². The number of hydrogen-bond donors (Lipinski definition) is 2. The molecule has 1 saturated carbocycles. The van der Waals surface area contributed by atoms with Crippen LogP contribution in [0.25, 0.3) is 0 Å². The van der Waals surface area contributed by atoms with Crippen LogP contribution in [0, 0.1) is 11.8 Å². The Kier molecular flexibility index (Phi) is 13.2. The molecule has 176 valence electrons. The first-order valence-electron chi connectivity index (χ1n) is 11.6. The fourth-order valence-electron chi connectivity index (χ4n) is 3.71. The lowest BCUT2D eigenvalue weighted by Crippen LogP contribution is -2.36. The van der Waals surface area contributed by atoms with Gasteiger partial charge in [0.15, 0.2) is 0 Å². The standard InChI is InChI=1S/C21H38N2O2S3.C2H6/c1-15(2)27-22-11-10-18-12-21(26-14-18)20-8-6-19(7-9-20)17(5)13-23-28(24,25)16(3)4;1-2/h12,14-17,19-20,22-23H,6-11,13H2,1-5H3;1-2H3. The van der Waals surface area contributed by atoms with Crippen LogP contribution in [0.3, 0.4) is 0 Å². The van der Waals surface area contributed by atoms with Crippen molar-refractivity contribution in [3.8, 4) is 0 Å². The predicted molar refractivity (Wildman–Crippen MR) is 136 cm³/mol. The van der Waals surface area contributed by atoms with Crippen LogP contribution in [0.5, 0.6) is 0 Å². The van der Waals surface area contributed by atoms with E-state index in [-0.39, 0.29) is 5.25 Å². The summed E-state index contributed by atoms with van der Waals surface area (Å²) < 4.78 is 30.2. The summed E-state index contributed by atoms with van der Waals surface area (Å²) in [6, 6.07) is 2.41. The maximum atomic E-state index is 12.0. The molecule has 0 aromatic carbocycles. The Bertz CT molecular complexity index is 678. The van der Waals surface area contributed by atoms with Crippen molar-refractivity contribution >= 4 is 33.3 Å². The molecule has 0 aliphatic heterocycles. The number of rotatable bonds is 11. The maximum absolute atomic E-state index is 12.0. The number of sulfonamides is 1. The third-order valence-electron chi connectivity index (χ3n) is 5.71. The highest BCUT2D eigenvalue weighted by Gasteiger charge is 2.28. The van der Waals surface area contributed by atoms with Crippen molar-refractivity contribution in [1.82, 2.24) is 9.44 Å². The summed E-state index contributed by atoms with van der Waals surface area (Å²) in [6.45, 7) is 15.7. The van der Waals surface area contributed by atoms with Gasteiger partial charge in [-0.3, -0.25) is 4.72 Å². The van der Waals surface area contributed by atoms with Crippen LogP contribution in [-0.4, -0.2) is 32.0 Å². The van der Waals surface area contributed by atoms with E-state index in [2.05, 4.69) is 41.7 Å². The van der Waals surface area contributed by atoms with Crippen LogP contribution >= 0.6 is 23.3 Å². The van der Waals surface area contributed by atoms with Crippen molar-refractivity contribution in [2.24, 2.45) is 11.8 Å². The summed E-state index contributed by atoms with van der Waals surface area (Å²) in [5.41, 5.74) is 1.45. The molecule has 2 rings (SSSR count). The van der Waals surface area contributed by atoms with E-state index in [9.17, 15) is 8.42 Å². The zero-order valence-electron chi connectivity index (χ0n) is 20.0. The van der Waals surface area contributed by atoms with Gasteiger partial charge in [-0.25, -0.2) is 13.1 Å². The minimum atomic E-state index is -3.15. The molecule has 1 atom stereocenters. The van der Waals surface area contributed by atoms with Crippen LogP contribution < -0.4 is 9.44 Å². The van der Waals surface area contributed by atoms with Crippen LogP contribution in [0.2, 0.25) is 0 Å². The lowest BCUT2D eigenvalue weighted by atomic mass is 9.76. The molecule has 1 aromatic rings. The van der Waals surface area contributed by atoms with Gasteiger partial charge in [-0.1, -0.05) is 46.6 Å². The molecule has 0 saturated heterocycles. The molecular formula is C23H44N2O2S3. The lowest BCUT2D eigenvalue weighted by Gasteiger charge is -2.32. The quantitative estimate of drug-likeness (QED) is 0.295. The minimum absolute atomic E-state index is 0.359. The van der Waals surface area contributed by atoms with Gasteiger partial charge in [-0.05, 0) is 80.7 Å². The van der Waals surface area contributed by atoms with E-state index >= 15 is 0 Å². The van der Waals surface area contributed by atoms with E-state index in [0.29, 0.717) is 29.5 Å². The third kappa shape index (κ3) is 9.60. The van der Waals surface area contributed by atoms with Crippen molar-refractivity contribution in [3.05, 3.63) is 21.9 Å². The fraction of sp³-hybridized carbons (Fsp3) is 0.826. The van der Waals surface area contributed by atoms with Crippen molar-refractivity contribution in [2.45, 2.75) is 97.0 Å². The summed E-state index contributed by atoms with van der Waals surface area (Å²) in [7, 11) is -3.15. The van der Waals surface area contributed by atoms with Gasteiger partial charge in [0.2, 0.25) is 10.0 Å². The molecule has 1 fully saturated rings. The largest absolute Gasteiger partial charge is 0.264 e. The molecule has 0 spiro atoms. The summed E-state index contributed by atoms with van der Waals surface area (Å²) in [6.07, 6.45) is 5.96. The smallest absolute Gasteiger partial charge is 0.213 e. The van der Waals surface area contributed by atoms with Crippen LogP contribution in [-0.2, 0) is 16.4 Å². The lowest BCUT2D eigenvalue weighted by molar-refractivity contribution is 0.247. The Morgan fingerprint density at radius 2 is 1.73 bits per heavy atom. The van der Waals surface area contributed by atoms with Crippen molar-refractivity contribution in [1.29, 1.82) is 0 Å².